The molecule has 56 valence electrons. The Morgan fingerprint density at radius 2 is 2.20 bits per heavy atom. The zero-order chi connectivity index (χ0) is 7.61. The number of hydrogen-bond acceptors (Lipinski definition) is 1. The lowest BCUT2D eigenvalue weighted by Crippen LogP contribution is -2.26. The van der Waals surface area contributed by atoms with Gasteiger partial charge in [-0.25, -0.2) is 0 Å². The Hall–Kier alpha value is -0.510. The molecule has 10 heavy (non-hydrogen) atoms. The Morgan fingerprint density at radius 3 is 2.60 bits per heavy atom. The highest BCUT2D eigenvalue weighted by Crippen LogP contribution is 2.39. The fourth-order valence-electron chi connectivity index (χ4n) is 1.67. The molecule has 0 radical (unpaired) electrons. The molecular weight excluding hydrogens is 122 g/mol. The summed E-state index contributed by atoms with van der Waals surface area (Å²) in [6, 6.07) is 2.43. The zero-order valence-electron chi connectivity index (χ0n) is 6.85. The van der Waals surface area contributed by atoms with E-state index in [0.29, 0.717) is 5.92 Å². The molecule has 2 atom stereocenters. The molecule has 1 fully saturated rings. The molecule has 1 unspecified atom stereocenters. The molecule has 0 spiro atoms. The van der Waals surface area contributed by atoms with Crippen LogP contribution in [0.15, 0.2) is 0 Å². The van der Waals surface area contributed by atoms with Crippen molar-refractivity contribution in [3.05, 3.63) is 0 Å². The molecule has 1 rings (SSSR count). The van der Waals surface area contributed by atoms with Gasteiger partial charge in [-0.3, -0.25) is 0 Å². The molecule has 0 aliphatic heterocycles. The van der Waals surface area contributed by atoms with E-state index >= 15 is 0 Å². The minimum atomic E-state index is -0.0156. The fraction of sp³-hybridized carbons (Fsp3) is 0.889. The van der Waals surface area contributed by atoms with E-state index in [-0.39, 0.29) is 5.41 Å². The minimum absolute atomic E-state index is 0.0156. The zero-order valence-corrected chi connectivity index (χ0v) is 6.85. The highest BCUT2D eigenvalue weighted by molar-refractivity contribution is 5.00. The second kappa shape index (κ2) is 2.62. The van der Waals surface area contributed by atoms with Gasteiger partial charge in [0.05, 0.1) is 11.5 Å². The van der Waals surface area contributed by atoms with Gasteiger partial charge >= 0.3 is 0 Å². The molecule has 0 bridgehead atoms. The molecule has 1 aliphatic rings. The lowest BCUT2D eigenvalue weighted by molar-refractivity contribution is 0.198. The van der Waals surface area contributed by atoms with Crippen LogP contribution < -0.4 is 0 Å². The highest BCUT2D eigenvalue weighted by atomic mass is 14.4. The van der Waals surface area contributed by atoms with Gasteiger partial charge in [0.2, 0.25) is 0 Å². The van der Waals surface area contributed by atoms with Gasteiger partial charge in [0.1, 0.15) is 0 Å². The normalized spacial score (nSPS) is 40.7. The summed E-state index contributed by atoms with van der Waals surface area (Å²) in [7, 11) is 0. The smallest absolute Gasteiger partial charge is 0.0689 e. The summed E-state index contributed by atoms with van der Waals surface area (Å²) in [5.74, 6) is 0.603. The summed E-state index contributed by atoms with van der Waals surface area (Å²) in [4.78, 5) is 0. The van der Waals surface area contributed by atoms with E-state index in [1.165, 1.54) is 19.3 Å². The van der Waals surface area contributed by atoms with E-state index in [0.717, 1.165) is 6.42 Å². The van der Waals surface area contributed by atoms with E-state index < -0.39 is 0 Å². The van der Waals surface area contributed by atoms with Crippen LogP contribution >= 0.6 is 0 Å². The van der Waals surface area contributed by atoms with Crippen LogP contribution in [0, 0.1) is 22.7 Å². The van der Waals surface area contributed by atoms with Crippen LogP contribution in [0.3, 0.4) is 0 Å². The van der Waals surface area contributed by atoms with E-state index in [1.807, 2.05) is 0 Å². The maximum atomic E-state index is 8.87. The molecule has 1 nitrogen and oxygen atoms in total. The van der Waals surface area contributed by atoms with Crippen LogP contribution in [0.1, 0.15) is 39.5 Å². The Balaban J connectivity index is 2.65. The van der Waals surface area contributed by atoms with Crippen LogP contribution in [-0.2, 0) is 0 Å². The quantitative estimate of drug-likeness (QED) is 0.503. The first-order valence-corrected chi connectivity index (χ1v) is 4.10. The molecule has 0 N–H and O–H groups in total. The predicted molar refractivity (Wildman–Crippen MR) is 41.4 cm³/mol. The lowest BCUT2D eigenvalue weighted by Gasteiger charge is -2.33. The lowest BCUT2D eigenvalue weighted by atomic mass is 9.69. The van der Waals surface area contributed by atoms with Gasteiger partial charge in [0.15, 0.2) is 0 Å². The average Bonchev–Trinajstić information content (AvgIpc) is 1.96. The van der Waals surface area contributed by atoms with E-state index in [9.17, 15) is 0 Å². The molecule has 1 saturated carbocycles. The Labute approximate surface area is 63.0 Å². The molecule has 0 aromatic heterocycles. The molecule has 0 amide bonds. The van der Waals surface area contributed by atoms with Crippen molar-refractivity contribution < 1.29 is 0 Å². The summed E-state index contributed by atoms with van der Waals surface area (Å²) in [6.45, 7) is 4.29. The van der Waals surface area contributed by atoms with Crippen LogP contribution in [0.5, 0.6) is 0 Å². The van der Waals surface area contributed by atoms with Crippen molar-refractivity contribution in [1.29, 1.82) is 5.26 Å². The standard InChI is InChI=1S/C9H15N/c1-8-5-3-4-6-9(8,2)7-10/h8H,3-6H2,1-2H3/t8?,9-/m0/s1. The number of nitrogens with zero attached hydrogens (tertiary/aromatic N) is 1. The van der Waals surface area contributed by atoms with E-state index in [4.69, 9.17) is 5.26 Å². The summed E-state index contributed by atoms with van der Waals surface area (Å²) < 4.78 is 0. The molecule has 0 saturated heterocycles. The van der Waals surface area contributed by atoms with Gasteiger partial charge in [-0.15, -0.1) is 0 Å². The van der Waals surface area contributed by atoms with Crippen LogP contribution in [0.2, 0.25) is 0 Å². The van der Waals surface area contributed by atoms with Crippen molar-refractivity contribution in [2.45, 2.75) is 39.5 Å². The largest absolute Gasteiger partial charge is 0.198 e. The number of nitriles is 1. The first-order chi connectivity index (χ1) is 4.69. The van der Waals surface area contributed by atoms with Crippen molar-refractivity contribution in [3.8, 4) is 6.07 Å². The number of hydrogen-bond donors (Lipinski definition) is 0. The first-order valence-electron chi connectivity index (χ1n) is 4.10. The van der Waals surface area contributed by atoms with Crippen molar-refractivity contribution in [1.82, 2.24) is 0 Å². The van der Waals surface area contributed by atoms with Crippen molar-refractivity contribution in [2.24, 2.45) is 11.3 Å². The molecule has 1 aliphatic carbocycles. The van der Waals surface area contributed by atoms with Crippen LogP contribution in [0.25, 0.3) is 0 Å². The van der Waals surface area contributed by atoms with Crippen LogP contribution in [-0.4, -0.2) is 0 Å². The Morgan fingerprint density at radius 1 is 1.50 bits per heavy atom. The SMILES string of the molecule is CC1CCCC[C@@]1(C)C#N. The monoisotopic (exact) mass is 137 g/mol. The van der Waals surface area contributed by atoms with Gasteiger partial charge in [0, 0.05) is 0 Å². The van der Waals surface area contributed by atoms with Crippen molar-refractivity contribution in [3.63, 3.8) is 0 Å². The third-order valence-corrected chi connectivity index (χ3v) is 2.93. The van der Waals surface area contributed by atoms with Gasteiger partial charge in [0.25, 0.3) is 0 Å². The van der Waals surface area contributed by atoms with E-state index in [1.54, 1.807) is 0 Å². The molecule has 0 aromatic rings. The third-order valence-electron chi connectivity index (χ3n) is 2.93. The van der Waals surface area contributed by atoms with Crippen molar-refractivity contribution in [2.75, 3.05) is 0 Å². The Bertz CT molecular complexity index is 157. The van der Waals surface area contributed by atoms with E-state index in [2.05, 4.69) is 19.9 Å². The topological polar surface area (TPSA) is 23.8 Å². The second-order valence-electron chi connectivity index (χ2n) is 3.68. The summed E-state index contributed by atoms with van der Waals surface area (Å²) in [6.07, 6.45) is 4.90. The summed E-state index contributed by atoms with van der Waals surface area (Å²) >= 11 is 0. The average molecular weight is 137 g/mol. The minimum Gasteiger partial charge on any atom is -0.198 e. The molecule has 1 heteroatoms. The summed E-state index contributed by atoms with van der Waals surface area (Å²) in [5, 5.41) is 8.87. The summed E-state index contributed by atoms with van der Waals surface area (Å²) in [5.41, 5.74) is -0.0156. The Kier molecular flexibility index (Phi) is 1.99. The third kappa shape index (κ3) is 1.16. The second-order valence-corrected chi connectivity index (χ2v) is 3.68. The molecule has 0 heterocycles. The maximum Gasteiger partial charge on any atom is 0.0689 e. The van der Waals surface area contributed by atoms with Gasteiger partial charge in [-0.2, -0.15) is 5.26 Å². The first kappa shape index (κ1) is 7.60. The van der Waals surface area contributed by atoms with Gasteiger partial charge in [-0.05, 0) is 25.7 Å². The molecular formula is C9H15N. The predicted octanol–water partition coefficient (Wildman–Crippen LogP) is 2.73. The van der Waals surface area contributed by atoms with Gasteiger partial charge in [-0.1, -0.05) is 19.8 Å². The fourth-order valence-corrected chi connectivity index (χ4v) is 1.67. The van der Waals surface area contributed by atoms with Crippen molar-refractivity contribution >= 4 is 0 Å². The molecule has 0 aromatic carbocycles. The van der Waals surface area contributed by atoms with Gasteiger partial charge < -0.3 is 0 Å². The van der Waals surface area contributed by atoms with Crippen LogP contribution in [0.4, 0.5) is 0 Å². The number of rotatable bonds is 0. The highest BCUT2D eigenvalue weighted by Gasteiger charge is 2.33. The maximum absolute atomic E-state index is 8.87.